The van der Waals surface area contributed by atoms with Crippen LogP contribution in [-0.2, 0) is 4.79 Å². The van der Waals surface area contributed by atoms with Gasteiger partial charge < -0.3 is 10.4 Å². The van der Waals surface area contributed by atoms with E-state index in [9.17, 15) is 9.59 Å². The van der Waals surface area contributed by atoms with E-state index in [-0.39, 0.29) is 23.2 Å². The van der Waals surface area contributed by atoms with Crippen LogP contribution in [0.5, 0.6) is 0 Å². The fourth-order valence-corrected chi connectivity index (χ4v) is 1.56. The van der Waals surface area contributed by atoms with E-state index in [0.717, 1.165) is 12.8 Å². The summed E-state index contributed by atoms with van der Waals surface area (Å²) in [6, 6.07) is 2.94. The highest BCUT2D eigenvalue weighted by Crippen LogP contribution is 2.15. The molecule has 0 fully saturated rings. The van der Waals surface area contributed by atoms with Crippen LogP contribution >= 0.6 is 0 Å². The molecule has 1 aromatic heterocycles. The number of carboxylic acids is 1. The van der Waals surface area contributed by atoms with Crippen molar-refractivity contribution in [1.82, 2.24) is 4.98 Å². The Kier molecular flexibility index (Phi) is 4.63. The molecule has 5 nitrogen and oxygen atoms in total. The van der Waals surface area contributed by atoms with Gasteiger partial charge in [-0.2, -0.15) is 0 Å². The quantitative estimate of drug-likeness (QED) is 0.821. The molecule has 0 aliphatic carbocycles. The number of rotatable bonds is 5. The Labute approximate surface area is 99.9 Å². The molecule has 0 bridgehead atoms. The summed E-state index contributed by atoms with van der Waals surface area (Å²) in [7, 11) is 0. The SMILES string of the molecule is CCC(CC)C(=O)Nc1ncccc1C(=O)O. The number of aromatic carboxylic acids is 1. The molecule has 1 rings (SSSR count). The van der Waals surface area contributed by atoms with Crippen LogP contribution in [-0.4, -0.2) is 22.0 Å². The summed E-state index contributed by atoms with van der Waals surface area (Å²) >= 11 is 0. The summed E-state index contributed by atoms with van der Waals surface area (Å²) in [4.78, 5) is 26.6. The number of carbonyl (C=O) groups is 2. The first-order valence-corrected chi connectivity index (χ1v) is 5.59. The maximum atomic E-state index is 11.8. The van der Waals surface area contributed by atoms with E-state index >= 15 is 0 Å². The molecular formula is C12H16N2O3. The molecule has 0 aromatic carbocycles. The van der Waals surface area contributed by atoms with Gasteiger partial charge in [0.1, 0.15) is 11.4 Å². The van der Waals surface area contributed by atoms with Gasteiger partial charge in [-0.25, -0.2) is 9.78 Å². The second-order valence-corrected chi connectivity index (χ2v) is 3.71. The summed E-state index contributed by atoms with van der Waals surface area (Å²) in [5.74, 6) is -1.29. The van der Waals surface area contributed by atoms with E-state index in [4.69, 9.17) is 5.11 Å². The van der Waals surface area contributed by atoms with E-state index in [1.165, 1.54) is 18.3 Å². The number of amides is 1. The molecule has 0 aliphatic heterocycles. The van der Waals surface area contributed by atoms with Crippen LogP contribution in [0, 0.1) is 5.92 Å². The third-order valence-corrected chi connectivity index (χ3v) is 2.64. The van der Waals surface area contributed by atoms with Crippen LogP contribution in [0.3, 0.4) is 0 Å². The van der Waals surface area contributed by atoms with Gasteiger partial charge in [0, 0.05) is 12.1 Å². The van der Waals surface area contributed by atoms with Gasteiger partial charge in [0.15, 0.2) is 0 Å². The van der Waals surface area contributed by atoms with Crippen LogP contribution in [0.25, 0.3) is 0 Å². The topological polar surface area (TPSA) is 79.3 Å². The molecule has 0 saturated carbocycles. The number of hydrogen-bond donors (Lipinski definition) is 2. The van der Waals surface area contributed by atoms with E-state index < -0.39 is 5.97 Å². The molecule has 0 unspecified atom stereocenters. The predicted octanol–water partition coefficient (Wildman–Crippen LogP) is 2.15. The number of aromatic nitrogens is 1. The van der Waals surface area contributed by atoms with Gasteiger partial charge in [-0.1, -0.05) is 13.8 Å². The van der Waals surface area contributed by atoms with Gasteiger partial charge in [0.25, 0.3) is 0 Å². The Morgan fingerprint density at radius 1 is 1.41 bits per heavy atom. The average Bonchev–Trinajstić information content (AvgIpc) is 2.31. The van der Waals surface area contributed by atoms with Crippen LogP contribution in [0.1, 0.15) is 37.0 Å². The number of carbonyl (C=O) groups excluding carboxylic acids is 1. The minimum absolute atomic E-state index is 0.00630. The average molecular weight is 236 g/mol. The van der Waals surface area contributed by atoms with Crippen LogP contribution in [0.4, 0.5) is 5.82 Å². The van der Waals surface area contributed by atoms with E-state index in [1.54, 1.807) is 0 Å². The molecule has 0 aliphatic rings. The van der Waals surface area contributed by atoms with E-state index in [2.05, 4.69) is 10.3 Å². The lowest BCUT2D eigenvalue weighted by molar-refractivity contribution is -0.120. The first-order valence-electron chi connectivity index (χ1n) is 5.59. The van der Waals surface area contributed by atoms with Gasteiger partial charge in [-0.05, 0) is 25.0 Å². The monoisotopic (exact) mass is 236 g/mol. The van der Waals surface area contributed by atoms with Gasteiger partial charge in [-0.3, -0.25) is 4.79 Å². The Hall–Kier alpha value is -1.91. The zero-order chi connectivity index (χ0) is 12.8. The second kappa shape index (κ2) is 5.98. The second-order valence-electron chi connectivity index (χ2n) is 3.71. The van der Waals surface area contributed by atoms with Crippen molar-refractivity contribution in [3.63, 3.8) is 0 Å². The molecule has 1 heterocycles. The van der Waals surface area contributed by atoms with Crippen molar-refractivity contribution >= 4 is 17.7 Å². The van der Waals surface area contributed by atoms with Crippen molar-refractivity contribution in [3.05, 3.63) is 23.9 Å². The lowest BCUT2D eigenvalue weighted by atomic mass is 10.0. The molecule has 1 aromatic rings. The minimum atomic E-state index is -1.10. The number of carboxylic acid groups (broad SMARTS) is 1. The number of anilines is 1. The highest BCUT2D eigenvalue weighted by Gasteiger charge is 2.18. The first-order chi connectivity index (χ1) is 8.10. The molecule has 0 atom stereocenters. The number of pyridine rings is 1. The van der Waals surface area contributed by atoms with Crippen LogP contribution < -0.4 is 5.32 Å². The van der Waals surface area contributed by atoms with Crippen molar-refractivity contribution in [2.75, 3.05) is 5.32 Å². The molecular weight excluding hydrogens is 220 g/mol. The molecule has 2 N–H and O–H groups in total. The molecule has 17 heavy (non-hydrogen) atoms. The van der Waals surface area contributed by atoms with Crippen molar-refractivity contribution in [1.29, 1.82) is 0 Å². The third kappa shape index (κ3) is 3.27. The highest BCUT2D eigenvalue weighted by molar-refractivity contribution is 5.99. The number of nitrogens with zero attached hydrogens (tertiary/aromatic N) is 1. The van der Waals surface area contributed by atoms with Crippen LogP contribution in [0.15, 0.2) is 18.3 Å². The number of nitrogens with one attached hydrogen (secondary N) is 1. The first kappa shape index (κ1) is 13.2. The summed E-state index contributed by atoms with van der Waals surface area (Å²) in [5.41, 5.74) is 0.00630. The summed E-state index contributed by atoms with van der Waals surface area (Å²) < 4.78 is 0. The van der Waals surface area contributed by atoms with Crippen molar-refractivity contribution in [2.24, 2.45) is 5.92 Å². The molecule has 92 valence electrons. The summed E-state index contributed by atoms with van der Waals surface area (Å²) in [5, 5.41) is 11.5. The molecule has 5 heteroatoms. The Bertz CT molecular complexity index is 414. The van der Waals surface area contributed by atoms with Gasteiger partial charge >= 0.3 is 5.97 Å². The molecule has 0 spiro atoms. The smallest absolute Gasteiger partial charge is 0.339 e. The summed E-state index contributed by atoms with van der Waals surface area (Å²) in [6.45, 7) is 3.84. The molecule has 0 radical (unpaired) electrons. The standard InChI is InChI=1S/C12H16N2O3/c1-3-8(4-2)11(15)14-10-9(12(16)17)6-5-7-13-10/h5-8H,3-4H2,1-2H3,(H,16,17)(H,13,14,15). The summed E-state index contributed by atoms with van der Waals surface area (Å²) in [6.07, 6.45) is 2.89. The molecule has 1 amide bonds. The van der Waals surface area contributed by atoms with Crippen molar-refractivity contribution in [2.45, 2.75) is 26.7 Å². The van der Waals surface area contributed by atoms with Gasteiger partial charge in [0.05, 0.1) is 0 Å². The fraction of sp³-hybridized carbons (Fsp3) is 0.417. The largest absolute Gasteiger partial charge is 0.478 e. The maximum Gasteiger partial charge on any atom is 0.339 e. The third-order valence-electron chi connectivity index (χ3n) is 2.64. The van der Waals surface area contributed by atoms with Gasteiger partial charge in [0.2, 0.25) is 5.91 Å². The van der Waals surface area contributed by atoms with E-state index in [0.29, 0.717) is 0 Å². The lowest BCUT2D eigenvalue weighted by Gasteiger charge is -2.13. The predicted molar refractivity (Wildman–Crippen MR) is 63.9 cm³/mol. The van der Waals surface area contributed by atoms with E-state index in [1.807, 2.05) is 13.8 Å². The van der Waals surface area contributed by atoms with Crippen LogP contribution in [0.2, 0.25) is 0 Å². The lowest BCUT2D eigenvalue weighted by Crippen LogP contribution is -2.23. The number of hydrogen-bond acceptors (Lipinski definition) is 3. The Morgan fingerprint density at radius 3 is 2.59 bits per heavy atom. The zero-order valence-corrected chi connectivity index (χ0v) is 9.93. The Morgan fingerprint density at radius 2 is 2.06 bits per heavy atom. The minimum Gasteiger partial charge on any atom is -0.478 e. The Balaban J connectivity index is 2.88. The van der Waals surface area contributed by atoms with Crippen molar-refractivity contribution in [3.8, 4) is 0 Å². The maximum absolute atomic E-state index is 11.8. The zero-order valence-electron chi connectivity index (χ0n) is 9.93. The van der Waals surface area contributed by atoms with Gasteiger partial charge in [-0.15, -0.1) is 0 Å². The normalized spacial score (nSPS) is 10.3. The van der Waals surface area contributed by atoms with Crippen molar-refractivity contribution < 1.29 is 14.7 Å². The highest BCUT2D eigenvalue weighted by atomic mass is 16.4. The fourth-order valence-electron chi connectivity index (χ4n) is 1.56. The molecule has 0 saturated heterocycles.